The molecule has 2 fully saturated rings. The van der Waals surface area contributed by atoms with Crippen LogP contribution in [0.25, 0.3) is 11.3 Å². The van der Waals surface area contributed by atoms with Crippen LogP contribution in [0, 0.1) is 0 Å². The monoisotopic (exact) mass is 932 g/mol. The Morgan fingerprint density at radius 3 is 1.80 bits per heavy atom. The summed E-state index contributed by atoms with van der Waals surface area (Å²) in [5, 5.41) is 7.21. The van der Waals surface area contributed by atoms with Gasteiger partial charge in [0, 0.05) is 101 Å². The van der Waals surface area contributed by atoms with Gasteiger partial charge in [0.1, 0.15) is 5.76 Å². The Labute approximate surface area is 377 Å². The normalized spacial score (nSPS) is 15.0. The summed E-state index contributed by atoms with van der Waals surface area (Å²) in [6, 6.07) is 16.4. The van der Waals surface area contributed by atoms with Crippen LogP contribution in [-0.2, 0) is 25.4 Å². The van der Waals surface area contributed by atoms with Crippen molar-refractivity contribution in [3.05, 3.63) is 149 Å². The number of imidazole rings is 1. The maximum absolute atomic E-state index is 13.5. The molecule has 2 aromatic carbocycles. The number of carbonyl (C=O) groups is 2. The molecule has 21 heteroatoms. The topological polar surface area (TPSA) is 152 Å². The molecule has 2 aliphatic heterocycles. The van der Waals surface area contributed by atoms with Crippen LogP contribution in [-0.4, -0.2) is 93.9 Å². The van der Waals surface area contributed by atoms with Crippen molar-refractivity contribution >= 4 is 45.9 Å². The van der Waals surface area contributed by atoms with Gasteiger partial charge in [-0.15, -0.1) is 11.3 Å². The number of nitrogens with one attached hydrogen (secondary N) is 3. The maximum atomic E-state index is 13.5. The second kappa shape index (κ2) is 20.0. The van der Waals surface area contributed by atoms with Gasteiger partial charge in [-0.1, -0.05) is 0 Å². The number of carbonyl (C=O) groups excluding carboxylic acids is 2. The standard InChI is InChI=1S/C25H23F3N6O2.C20H19F3N4O2S/c26-25(27,28)18-1-2-21(34-11-9-33(10-12-34)15-19-14-30-16-31-19)20(13-18)32-24(35)23-4-3-22(36-23)17-5-7-29-8-6-17;21-20(22,23)14-3-4-17(16(10-14)25-19(28)18-2-1-9-29-18)27-7-5-26(6-8-27)11-15-12-30-13-24-15/h1-8,13-14,16H,9-12,15H2,(H,30,31)(H,32,35);1-4,9-10,12-13H,5-8,11H2,(H,25,28). The van der Waals surface area contributed by atoms with Gasteiger partial charge in [-0.2, -0.15) is 26.3 Å². The van der Waals surface area contributed by atoms with Gasteiger partial charge < -0.3 is 34.3 Å². The molecular weight excluding hydrogens is 891 g/mol. The summed E-state index contributed by atoms with van der Waals surface area (Å²) in [7, 11) is 0. The Hall–Kier alpha value is -6.97. The minimum Gasteiger partial charge on any atom is -0.459 e. The molecule has 344 valence electrons. The van der Waals surface area contributed by atoms with Crippen LogP contribution in [0.5, 0.6) is 0 Å². The Balaban J connectivity index is 0.000000182. The number of H-pyrrole nitrogens is 1. The number of benzene rings is 2. The number of hydrogen-bond acceptors (Lipinski definition) is 12. The first-order valence-corrected chi connectivity index (χ1v) is 21.6. The quantitative estimate of drug-likeness (QED) is 0.107. The van der Waals surface area contributed by atoms with Crippen molar-refractivity contribution in [2.45, 2.75) is 25.4 Å². The number of halogens is 6. The number of thiazole rings is 1. The lowest BCUT2D eigenvalue weighted by Crippen LogP contribution is -2.46. The van der Waals surface area contributed by atoms with Crippen LogP contribution in [0.1, 0.15) is 43.6 Å². The van der Waals surface area contributed by atoms with E-state index in [0.29, 0.717) is 62.9 Å². The van der Waals surface area contributed by atoms with Gasteiger partial charge in [-0.05, 0) is 72.8 Å². The molecule has 2 saturated heterocycles. The van der Waals surface area contributed by atoms with E-state index in [2.05, 4.69) is 40.4 Å². The van der Waals surface area contributed by atoms with Gasteiger partial charge in [-0.25, -0.2) is 9.97 Å². The van der Waals surface area contributed by atoms with Crippen LogP contribution in [0.2, 0.25) is 0 Å². The van der Waals surface area contributed by atoms with Crippen molar-refractivity contribution < 1.29 is 44.8 Å². The minimum absolute atomic E-state index is 0.00505. The Bertz CT molecular complexity index is 2660. The number of hydrogen-bond donors (Lipinski definition) is 3. The summed E-state index contributed by atoms with van der Waals surface area (Å²) in [5.74, 6) is -0.738. The predicted octanol–water partition coefficient (Wildman–Crippen LogP) is 8.99. The van der Waals surface area contributed by atoms with Gasteiger partial charge in [-0.3, -0.25) is 24.4 Å². The number of amides is 2. The number of nitrogens with zero attached hydrogens (tertiary/aromatic N) is 7. The van der Waals surface area contributed by atoms with E-state index in [0.717, 1.165) is 60.9 Å². The third-order valence-electron chi connectivity index (χ3n) is 10.9. The van der Waals surface area contributed by atoms with Crippen LogP contribution in [0.3, 0.4) is 0 Å². The number of pyridine rings is 1. The lowest BCUT2D eigenvalue weighted by atomic mass is 10.1. The largest absolute Gasteiger partial charge is 0.459 e. The number of aromatic amines is 1. The summed E-state index contributed by atoms with van der Waals surface area (Å²) >= 11 is 1.55. The second-order valence-electron chi connectivity index (χ2n) is 15.3. The van der Waals surface area contributed by atoms with Crippen molar-refractivity contribution in [3.63, 3.8) is 0 Å². The Morgan fingerprint density at radius 1 is 0.697 bits per heavy atom. The van der Waals surface area contributed by atoms with Crippen molar-refractivity contribution in [1.82, 2.24) is 29.7 Å². The van der Waals surface area contributed by atoms with E-state index in [9.17, 15) is 35.9 Å². The first-order valence-electron chi connectivity index (χ1n) is 20.6. The van der Waals surface area contributed by atoms with Crippen LogP contribution >= 0.6 is 11.3 Å². The second-order valence-corrected chi connectivity index (χ2v) is 16.0. The fourth-order valence-electron chi connectivity index (χ4n) is 7.53. The molecule has 0 spiro atoms. The van der Waals surface area contributed by atoms with Crippen molar-refractivity contribution in [3.8, 4) is 11.3 Å². The highest BCUT2D eigenvalue weighted by molar-refractivity contribution is 7.07. The molecule has 0 radical (unpaired) electrons. The fraction of sp³-hybridized carbons (Fsp3) is 0.267. The number of piperazine rings is 2. The van der Waals surface area contributed by atoms with Gasteiger partial charge in [0.2, 0.25) is 0 Å². The first-order chi connectivity index (χ1) is 31.8. The highest BCUT2D eigenvalue weighted by Crippen LogP contribution is 2.38. The number of anilines is 4. The average molecular weight is 933 g/mol. The third kappa shape index (κ3) is 11.5. The molecule has 0 bridgehead atoms. The molecule has 14 nitrogen and oxygen atoms in total. The van der Waals surface area contributed by atoms with Gasteiger partial charge in [0.05, 0.1) is 57.7 Å². The summed E-state index contributed by atoms with van der Waals surface area (Å²) in [6.07, 6.45) is -1.12. The average Bonchev–Trinajstić information content (AvgIpc) is 4.17. The highest BCUT2D eigenvalue weighted by Gasteiger charge is 2.34. The molecule has 66 heavy (non-hydrogen) atoms. The molecule has 2 aliphatic rings. The molecule has 0 atom stereocenters. The van der Waals surface area contributed by atoms with Crippen LogP contribution in [0.4, 0.5) is 49.1 Å². The predicted molar refractivity (Wildman–Crippen MR) is 235 cm³/mol. The molecule has 0 aliphatic carbocycles. The fourth-order valence-corrected chi connectivity index (χ4v) is 8.08. The van der Waals surface area contributed by atoms with Crippen molar-refractivity contribution in [2.75, 3.05) is 72.8 Å². The van der Waals surface area contributed by atoms with Crippen LogP contribution in [0.15, 0.2) is 124 Å². The van der Waals surface area contributed by atoms with E-state index >= 15 is 0 Å². The lowest BCUT2D eigenvalue weighted by Gasteiger charge is -2.36. The molecule has 9 rings (SSSR count). The summed E-state index contributed by atoms with van der Waals surface area (Å²) in [5.41, 5.74) is 4.15. The SMILES string of the molecule is O=C(Nc1cc(C(F)(F)F)ccc1N1CCN(Cc2cnc[nH]2)CC1)c1ccc(-c2ccncc2)o1.O=C(Nc1cc(C(F)(F)F)ccc1N1CCN(Cc2cscn2)CC1)c1ccco1. The van der Waals surface area contributed by atoms with E-state index in [1.165, 1.54) is 30.5 Å². The zero-order valence-corrected chi connectivity index (χ0v) is 35.8. The number of alkyl halides is 6. The van der Waals surface area contributed by atoms with E-state index < -0.39 is 35.3 Å². The van der Waals surface area contributed by atoms with E-state index in [1.54, 1.807) is 66.0 Å². The number of aromatic nitrogens is 4. The molecule has 7 aromatic rings. The Kier molecular flexibility index (Phi) is 13.8. The Morgan fingerprint density at radius 2 is 1.29 bits per heavy atom. The smallest absolute Gasteiger partial charge is 0.416 e. The maximum Gasteiger partial charge on any atom is 0.416 e. The summed E-state index contributed by atoms with van der Waals surface area (Å²) < 4.78 is 90.8. The molecule has 0 saturated carbocycles. The van der Waals surface area contributed by atoms with Gasteiger partial charge in [0.15, 0.2) is 11.5 Å². The molecule has 3 N–H and O–H groups in total. The van der Waals surface area contributed by atoms with Gasteiger partial charge >= 0.3 is 12.4 Å². The third-order valence-corrected chi connectivity index (χ3v) is 11.6. The van der Waals surface area contributed by atoms with E-state index in [-0.39, 0.29) is 22.9 Å². The molecule has 0 unspecified atom stereocenters. The van der Waals surface area contributed by atoms with Gasteiger partial charge in [0.25, 0.3) is 11.8 Å². The zero-order chi connectivity index (χ0) is 46.3. The number of rotatable bonds is 11. The van der Waals surface area contributed by atoms with Crippen molar-refractivity contribution in [1.29, 1.82) is 0 Å². The zero-order valence-electron chi connectivity index (χ0n) is 35.0. The molecule has 5 aromatic heterocycles. The summed E-state index contributed by atoms with van der Waals surface area (Å²) in [4.78, 5) is 49.1. The van der Waals surface area contributed by atoms with E-state index in [4.69, 9.17) is 8.83 Å². The summed E-state index contributed by atoms with van der Waals surface area (Å²) in [6.45, 7) is 6.79. The minimum atomic E-state index is -4.54. The molecule has 7 heterocycles. The highest BCUT2D eigenvalue weighted by atomic mass is 32.1. The van der Waals surface area contributed by atoms with Crippen molar-refractivity contribution in [2.24, 2.45) is 0 Å². The van der Waals surface area contributed by atoms with E-state index in [1.807, 2.05) is 15.2 Å². The van der Waals surface area contributed by atoms with Crippen LogP contribution < -0.4 is 20.4 Å². The molecular formula is C45H42F6N10O4S. The lowest BCUT2D eigenvalue weighted by molar-refractivity contribution is -0.138. The first kappa shape index (κ1) is 45.6. The number of furan rings is 2. The molecule has 2 amide bonds.